The molecule has 1 N–H and O–H groups in total. The molecule has 0 spiro atoms. The van der Waals surface area contributed by atoms with Crippen molar-refractivity contribution in [3.05, 3.63) is 82.6 Å². The van der Waals surface area contributed by atoms with Crippen molar-refractivity contribution < 1.29 is 19.5 Å². The van der Waals surface area contributed by atoms with Crippen molar-refractivity contribution in [2.24, 2.45) is 5.16 Å². The fraction of sp³-hybridized carbons (Fsp3) is 0.143. The van der Waals surface area contributed by atoms with E-state index in [9.17, 15) is 9.90 Å². The molecule has 2 aromatic rings. The number of aliphatic carboxylic acids is 1. The molecular weight excluding hydrogens is 366 g/mol. The first kappa shape index (κ1) is 20.3. The highest BCUT2D eigenvalue weighted by Crippen LogP contribution is 2.21. The van der Waals surface area contributed by atoms with Gasteiger partial charge >= 0.3 is 5.97 Å². The Morgan fingerprint density at radius 1 is 1.19 bits per heavy atom. The average Bonchev–Trinajstić information content (AvgIpc) is 2.66. The van der Waals surface area contributed by atoms with Crippen LogP contribution in [0.2, 0.25) is 5.02 Å². The zero-order valence-electron chi connectivity index (χ0n) is 15.1. The van der Waals surface area contributed by atoms with Gasteiger partial charge in [0.25, 0.3) is 0 Å². The number of carbonyl (C=O) groups is 1. The number of oxime groups is 1. The van der Waals surface area contributed by atoms with Crippen LogP contribution in [0.1, 0.15) is 23.6 Å². The van der Waals surface area contributed by atoms with Gasteiger partial charge in [0.2, 0.25) is 0 Å². The van der Waals surface area contributed by atoms with Gasteiger partial charge in [-0.3, -0.25) is 0 Å². The molecule has 0 radical (unpaired) electrons. The molecule has 0 amide bonds. The summed E-state index contributed by atoms with van der Waals surface area (Å²) in [6, 6.07) is 14.5. The second kappa shape index (κ2) is 10.2. The summed E-state index contributed by atoms with van der Waals surface area (Å²) in [7, 11) is 1.41. The molecule has 0 fully saturated rings. The number of hydrogen-bond donors (Lipinski definition) is 1. The summed E-state index contributed by atoms with van der Waals surface area (Å²) >= 11 is 5.86. The Morgan fingerprint density at radius 2 is 1.89 bits per heavy atom. The van der Waals surface area contributed by atoms with E-state index in [-0.39, 0.29) is 12.2 Å². The number of allylic oxidation sites excluding steroid dienone is 1. The Morgan fingerprint density at radius 3 is 2.56 bits per heavy atom. The number of methoxy groups -OCH3 is 1. The molecule has 0 aliphatic rings. The van der Waals surface area contributed by atoms with E-state index in [1.807, 2.05) is 49.4 Å². The van der Waals surface area contributed by atoms with Crippen LogP contribution in [-0.4, -0.2) is 23.9 Å². The Kier molecular flexibility index (Phi) is 7.64. The Bertz CT molecular complexity index is 870. The van der Waals surface area contributed by atoms with Crippen molar-refractivity contribution >= 4 is 34.9 Å². The third-order valence-electron chi connectivity index (χ3n) is 3.59. The molecule has 0 saturated heterocycles. The second-order valence-electron chi connectivity index (χ2n) is 5.62. The smallest absolute Gasteiger partial charge is 0.339 e. The summed E-state index contributed by atoms with van der Waals surface area (Å²) in [5.41, 5.74) is 2.95. The normalized spacial score (nSPS) is 12.3. The fourth-order valence-electron chi connectivity index (χ4n) is 2.28. The second-order valence-corrected chi connectivity index (χ2v) is 6.06. The average molecular weight is 386 g/mol. The Hall–Kier alpha value is -3.05. The summed E-state index contributed by atoms with van der Waals surface area (Å²) in [5, 5.41) is 14.1. The van der Waals surface area contributed by atoms with Crippen molar-refractivity contribution in [1.82, 2.24) is 0 Å². The Labute approximate surface area is 163 Å². The van der Waals surface area contributed by atoms with Crippen molar-refractivity contribution in [2.75, 3.05) is 7.11 Å². The lowest BCUT2D eigenvalue weighted by atomic mass is 10.0. The molecule has 6 heteroatoms. The molecule has 2 rings (SSSR count). The number of nitrogens with zero attached hydrogens (tertiary/aromatic N) is 1. The van der Waals surface area contributed by atoms with E-state index < -0.39 is 5.97 Å². The predicted molar refractivity (Wildman–Crippen MR) is 107 cm³/mol. The highest BCUT2D eigenvalue weighted by molar-refractivity contribution is 6.30. The van der Waals surface area contributed by atoms with E-state index >= 15 is 0 Å². The van der Waals surface area contributed by atoms with Gasteiger partial charge in [-0.2, -0.15) is 0 Å². The highest BCUT2D eigenvalue weighted by atomic mass is 35.5. The van der Waals surface area contributed by atoms with E-state index in [1.165, 1.54) is 13.4 Å². The topological polar surface area (TPSA) is 68.1 Å². The van der Waals surface area contributed by atoms with Crippen LogP contribution in [0.15, 0.2) is 66.0 Å². The number of carboxylic acid groups (broad SMARTS) is 1. The molecule has 0 bridgehead atoms. The first-order chi connectivity index (χ1) is 13.0. The first-order valence-electron chi connectivity index (χ1n) is 8.16. The lowest BCUT2D eigenvalue weighted by molar-refractivity contribution is -0.130. The molecule has 2 aromatic carbocycles. The maximum Gasteiger partial charge on any atom is 0.339 e. The van der Waals surface area contributed by atoms with Gasteiger partial charge in [-0.05, 0) is 36.3 Å². The minimum atomic E-state index is -1.07. The number of carboxylic acids is 1. The standard InChI is InChI=1S/C21H20ClNO4/c1-15(7-8-16-9-11-18(22)12-10-16)23-27-13-17-5-3-4-6-19(17)20(14-26-2)21(24)25/h3-12,14H,13H2,1-2H3,(H,24,25)/b8-7+,20-14+,23-15+. The van der Waals surface area contributed by atoms with Crippen LogP contribution in [-0.2, 0) is 21.0 Å². The number of hydrogen-bond acceptors (Lipinski definition) is 4. The van der Waals surface area contributed by atoms with Gasteiger partial charge in [0.15, 0.2) is 0 Å². The lowest BCUT2D eigenvalue weighted by Crippen LogP contribution is -2.04. The number of benzene rings is 2. The summed E-state index contributed by atoms with van der Waals surface area (Å²) in [4.78, 5) is 16.8. The SMILES string of the molecule is CO/C=C(/C(=O)O)c1ccccc1CO/N=C(C)/C=C/c1ccc(Cl)cc1. The number of halogens is 1. The minimum absolute atomic E-state index is 0.0556. The van der Waals surface area contributed by atoms with Gasteiger partial charge in [-0.1, -0.05) is 59.2 Å². The lowest BCUT2D eigenvalue weighted by Gasteiger charge is -2.09. The Balaban J connectivity index is 2.06. The van der Waals surface area contributed by atoms with Crippen molar-refractivity contribution in [3.63, 3.8) is 0 Å². The molecule has 140 valence electrons. The molecule has 0 aliphatic heterocycles. The van der Waals surface area contributed by atoms with Crippen LogP contribution in [0.25, 0.3) is 11.6 Å². The van der Waals surface area contributed by atoms with Crippen molar-refractivity contribution in [1.29, 1.82) is 0 Å². The molecule has 0 atom stereocenters. The molecular formula is C21H20ClNO4. The van der Waals surface area contributed by atoms with E-state index in [0.29, 0.717) is 21.9 Å². The van der Waals surface area contributed by atoms with Gasteiger partial charge < -0.3 is 14.7 Å². The van der Waals surface area contributed by atoms with E-state index in [2.05, 4.69) is 5.16 Å². The van der Waals surface area contributed by atoms with Crippen LogP contribution in [0.3, 0.4) is 0 Å². The van der Waals surface area contributed by atoms with Gasteiger partial charge in [0.05, 0.1) is 19.1 Å². The van der Waals surface area contributed by atoms with Crippen LogP contribution in [0.5, 0.6) is 0 Å². The highest BCUT2D eigenvalue weighted by Gasteiger charge is 2.15. The van der Waals surface area contributed by atoms with Crippen LogP contribution in [0, 0.1) is 0 Å². The zero-order chi connectivity index (χ0) is 19.6. The summed E-state index contributed by atoms with van der Waals surface area (Å²) in [6.07, 6.45) is 4.92. The molecule has 0 aromatic heterocycles. The monoisotopic (exact) mass is 385 g/mol. The third-order valence-corrected chi connectivity index (χ3v) is 3.84. The zero-order valence-corrected chi connectivity index (χ0v) is 15.8. The van der Waals surface area contributed by atoms with Gasteiger partial charge in [0.1, 0.15) is 12.2 Å². The van der Waals surface area contributed by atoms with E-state index in [1.54, 1.807) is 18.2 Å². The van der Waals surface area contributed by atoms with Crippen LogP contribution >= 0.6 is 11.6 Å². The molecule has 0 aliphatic carbocycles. The van der Waals surface area contributed by atoms with Crippen LogP contribution in [0.4, 0.5) is 0 Å². The molecule has 0 unspecified atom stereocenters. The largest absolute Gasteiger partial charge is 0.503 e. The molecule has 27 heavy (non-hydrogen) atoms. The minimum Gasteiger partial charge on any atom is -0.503 e. The fourth-order valence-corrected chi connectivity index (χ4v) is 2.41. The van der Waals surface area contributed by atoms with Gasteiger partial charge in [-0.25, -0.2) is 4.79 Å². The van der Waals surface area contributed by atoms with E-state index in [0.717, 1.165) is 5.56 Å². The predicted octanol–water partition coefficient (Wildman–Crippen LogP) is 5.02. The summed E-state index contributed by atoms with van der Waals surface area (Å²) < 4.78 is 4.87. The third kappa shape index (κ3) is 6.31. The molecule has 0 saturated carbocycles. The molecule has 0 heterocycles. The van der Waals surface area contributed by atoms with Gasteiger partial charge in [0, 0.05) is 10.6 Å². The van der Waals surface area contributed by atoms with E-state index in [4.69, 9.17) is 21.2 Å². The molecule has 5 nitrogen and oxygen atoms in total. The summed E-state index contributed by atoms with van der Waals surface area (Å²) in [6.45, 7) is 1.95. The first-order valence-corrected chi connectivity index (χ1v) is 8.54. The van der Waals surface area contributed by atoms with Crippen LogP contribution < -0.4 is 0 Å². The summed E-state index contributed by atoms with van der Waals surface area (Å²) in [5.74, 6) is -1.07. The number of ether oxygens (including phenoxy) is 1. The number of rotatable bonds is 8. The van der Waals surface area contributed by atoms with Gasteiger partial charge in [-0.15, -0.1) is 0 Å². The maximum absolute atomic E-state index is 11.4. The maximum atomic E-state index is 11.4. The van der Waals surface area contributed by atoms with Crippen molar-refractivity contribution in [2.45, 2.75) is 13.5 Å². The van der Waals surface area contributed by atoms with Crippen molar-refractivity contribution in [3.8, 4) is 0 Å². The quantitative estimate of drug-likeness (QED) is 0.300.